The molecule has 0 atom stereocenters. The van der Waals surface area contributed by atoms with Crippen LogP contribution in [0.15, 0.2) is 12.3 Å². The Kier molecular flexibility index (Phi) is 5.77. The number of alkyl halides is 1. The number of methoxy groups -OCH3 is 1. The lowest BCUT2D eigenvalue weighted by Gasteiger charge is -2.23. The molecule has 0 radical (unpaired) electrons. The lowest BCUT2D eigenvalue weighted by atomic mass is 10.2. The molecule has 0 aliphatic rings. The third-order valence-electron chi connectivity index (χ3n) is 2.51. The summed E-state index contributed by atoms with van der Waals surface area (Å²) in [4.78, 5) is 6.75. The fourth-order valence-electron chi connectivity index (χ4n) is 1.65. The minimum absolute atomic E-state index is 0.731. The zero-order valence-corrected chi connectivity index (χ0v) is 11.7. The van der Waals surface area contributed by atoms with Crippen LogP contribution in [0.25, 0.3) is 0 Å². The molecule has 1 aromatic rings. The van der Waals surface area contributed by atoms with Crippen molar-refractivity contribution >= 4 is 21.7 Å². The van der Waals surface area contributed by atoms with E-state index >= 15 is 0 Å². The maximum atomic E-state index is 5.10. The van der Waals surface area contributed by atoms with Crippen molar-refractivity contribution in [2.24, 2.45) is 0 Å². The molecule has 0 saturated heterocycles. The van der Waals surface area contributed by atoms with E-state index in [0.717, 1.165) is 30.8 Å². The first-order valence-electron chi connectivity index (χ1n) is 5.48. The Morgan fingerprint density at radius 1 is 1.50 bits per heavy atom. The molecule has 0 fully saturated rings. The monoisotopic (exact) mass is 286 g/mol. The predicted octanol–water partition coefficient (Wildman–Crippen LogP) is 2.76. The number of anilines is 1. The Bertz CT molecular complexity index is 331. The summed E-state index contributed by atoms with van der Waals surface area (Å²) in [5.74, 6) is 1.06. The van der Waals surface area contributed by atoms with Crippen molar-refractivity contribution < 1.29 is 4.74 Å². The normalized spacial score (nSPS) is 10.5. The Hall–Kier alpha value is -0.610. The SMILES string of the molecule is CCN(CCOC)c1ncc(CBr)cc1C. The average molecular weight is 287 g/mol. The number of aromatic nitrogens is 1. The first kappa shape index (κ1) is 13.5. The van der Waals surface area contributed by atoms with Crippen molar-refractivity contribution in [3.8, 4) is 0 Å². The molecule has 0 saturated carbocycles. The van der Waals surface area contributed by atoms with E-state index in [9.17, 15) is 0 Å². The molecule has 0 N–H and O–H groups in total. The Labute approximate surface area is 106 Å². The van der Waals surface area contributed by atoms with Crippen LogP contribution in [0.4, 0.5) is 5.82 Å². The molecular weight excluding hydrogens is 268 g/mol. The van der Waals surface area contributed by atoms with Crippen LogP contribution < -0.4 is 4.90 Å². The number of pyridine rings is 1. The highest BCUT2D eigenvalue weighted by Gasteiger charge is 2.08. The van der Waals surface area contributed by atoms with E-state index < -0.39 is 0 Å². The first-order valence-corrected chi connectivity index (χ1v) is 6.60. The number of rotatable bonds is 6. The van der Waals surface area contributed by atoms with Crippen molar-refractivity contribution in [1.82, 2.24) is 4.98 Å². The molecule has 90 valence electrons. The van der Waals surface area contributed by atoms with E-state index in [4.69, 9.17) is 4.74 Å². The molecule has 1 rings (SSSR count). The minimum Gasteiger partial charge on any atom is -0.383 e. The predicted molar refractivity (Wildman–Crippen MR) is 71.4 cm³/mol. The third kappa shape index (κ3) is 3.46. The second kappa shape index (κ2) is 6.86. The van der Waals surface area contributed by atoms with Crippen LogP contribution >= 0.6 is 15.9 Å². The Balaban J connectivity index is 2.83. The zero-order valence-electron chi connectivity index (χ0n) is 10.2. The summed E-state index contributed by atoms with van der Waals surface area (Å²) in [6.07, 6.45) is 1.92. The third-order valence-corrected chi connectivity index (χ3v) is 3.16. The van der Waals surface area contributed by atoms with Gasteiger partial charge in [-0.1, -0.05) is 22.0 Å². The van der Waals surface area contributed by atoms with Gasteiger partial charge in [-0.05, 0) is 25.0 Å². The summed E-state index contributed by atoms with van der Waals surface area (Å²) in [7, 11) is 1.72. The molecule has 0 spiro atoms. The van der Waals surface area contributed by atoms with Gasteiger partial charge in [-0.15, -0.1) is 0 Å². The number of halogens is 1. The summed E-state index contributed by atoms with van der Waals surface area (Å²) in [5.41, 5.74) is 2.43. The molecule has 3 nitrogen and oxygen atoms in total. The number of hydrogen-bond donors (Lipinski definition) is 0. The number of nitrogens with zero attached hydrogens (tertiary/aromatic N) is 2. The Morgan fingerprint density at radius 3 is 2.75 bits per heavy atom. The highest BCUT2D eigenvalue weighted by molar-refractivity contribution is 9.08. The van der Waals surface area contributed by atoms with Gasteiger partial charge in [0, 0.05) is 31.7 Å². The standard InChI is InChI=1S/C12H19BrN2O/c1-4-15(5-6-16-3)12-10(2)7-11(8-13)9-14-12/h7,9H,4-6,8H2,1-3H3. The van der Waals surface area contributed by atoms with Crippen LogP contribution in [-0.4, -0.2) is 31.8 Å². The second-order valence-corrected chi connectivity index (χ2v) is 4.25. The topological polar surface area (TPSA) is 25.4 Å². The van der Waals surface area contributed by atoms with Gasteiger partial charge < -0.3 is 9.64 Å². The Morgan fingerprint density at radius 2 is 2.25 bits per heavy atom. The van der Waals surface area contributed by atoms with Crippen molar-refractivity contribution in [3.05, 3.63) is 23.4 Å². The molecule has 0 aliphatic carbocycles. The van der Waals surface area contributed by atoms with Gasteiger partial charge in [0.15, 0.2) is 0 Å². The van der Waals surface area contributed by atoms with Gasteiger partial charge in [-0.3, -0.25) is 0 Å². The van der Waals surface area contributed by atoms with E-state index in [2.05, 4.69) is 45.7 Å². The van der Waals surface area contributed by atoms with Crippen molar-refractivity contribution in [2.45, 2.75) is 19.2 Å². The zero-order chi connectivity index (χ0) is 12.0. The number of ether oxygens (including phenoxy) is 1. The largest absolute Gasteiger partial charge is 0.383 e. The summed E-state index contributed by atoms with van der Waals surface area (Å²) in [6, 6.07) is 2.17. The molecule has 0 bridgehead atoms. The van der Waals surface area contributed by atoms with Gasteiger partial charge in [-0.2, -0.15) is 0 Å². The minimum atomic E-state index is 0.731. The fraction of sp³-hybridized carbons (Fsp3) is 0.583. The van der Waals surface area contributed by atoms with Gasteiger partial charge in [0.1, 0.15) is 5.82 Å². The van der Waals surface area contributed by atoms with E-state index in [0.29, 0.717) is 0 Å². The first-order chi connectivity index (χ1) is 7.72. The highest BCUT2D eigenvalue weighted by Crippen LogP contribution is 2.18. The van der Waals surface area contributed by atoms with Crippen molar-refractivity contribution in [1.29, 1.82) is 0 Å². The van der Waals surface area contributed by atoms with Gasteiger partial charge in [0.25, 0.3) is 0 Å². The highest BCUT2D eigenvalue weighted by atomic mass is 79.9. The van der Waals surface area contributed by atoms with Crippen molar-refractivity contribution in [2.75, 3.05) is 31.7 Å². The van der Waals surface area contributed by atoms with E-state index in [1.165, 1.54) is 11.1 Å². The summed E-state index contributed by atoms with van der Waals surface area (Å²) >= 11 is 3.44. The smallest absolute Gasteiger partial charge is 0.131 e. The molecule has 0 aliphatic heterocycles. The molecule has 0 aromatic carbocycles. The van der Waals surface area contributed by atoms with Crippen LogP contribution in [-0.2, 0) is 10.1 Å². The van der Waals surface area contributed by atoms with Gasteiger partial charge in [0.2, 0.25) is 0 Å². The molecule has 16 heavy (non-hydrogen) atoms. The molecular formula is C12H19BrN2O. The number of aryl methyl sites for hydroxylation is 1. The number of likely N-dealkylation sites (N-methyl/N-ethyl adjacent to an activating group) is 1. The maximum Gasteiger partial charge on any atom is 0.131 e. The van der Waals surface area contributed by atoms with Crippen LogP contribution in [0, 0.1) is 6.92 Å². The molecule has 4 heteroatoms. The fourth-order valence-corrected chi connectivity index (χ4v) is 1.95. The van der Waals surface area contributed by atoms with Crippen LogP contribution in [0.5, 0.6) is 0 Å². The van der Waals surface area contributed by atoms with Gasteiger partial charge in [-0.25, -0.2) is 4.98 Å². The average Bonchev–Trinajstić information content (AvgIpc) is 2.31. The summed E-state index contributed by atoms with van der Waals surface area (Å²) in [6.45, 7) is 6.80. The van der Waals surface area contributed by atoms with Crippen molar-refractivity contribution in [3.63, 3.8) is 0 Å². The van der Waals surface area contributed by atoms with Crippen LogP contribution in [0.1, 0.15) is 18.1 Å². The lowest BCUT2D eigenvalue weighted by molar-refractivity contribution is 0.205. The summed E-state index contributed by atoms with van der Waals surface area (Å²) in [5, 5.41) is 0.852. The lowest BCUT2D eigenvalue weighted by Crippen LogP contribution is -2.28. The van der Waals surface area contributed by atoms with E-state index in [1.807, 2.05) is 6.20 Å². The maximum absolute atomic E-state index is 5.10. The van der Waals surface area contributed by atoms with Crippen LogP contribution in [0.2, 0.25) is 0 Å². The van der Waals surface area contributed by atoms with E-state index in [-0.39, 0.29) is 0 Å². The van der Waals surface area contributed by atoms with Gasteiger partial charge >= 0.3 is 0 Å². The molecule has 0 unspecified atom stereocenters. The van der Waals surface area contributed by atoms with E-state index in [1.54, 1.807) is 7.11 Å². The summed E-state index contributed by atoms with van der Waals surface area (Å²) < 4.78 is 5.10. The molecule has 1 aromatic heterocycles. The van der Waals surface area contributed by atoms with Gasteiger partial charge in [0.05, 0.1) is 6.61 Å². The quantitative estimate of drug-likeness (QED) is 0.752. The molecule has 0 amide bonds. The second-order valence-electron chi connectivity index (χ2n) is 3.69. The number of hydrogen-bond acceptors (Lipinski definition) is 3. The molecule has 1 heterocycles. The van der Waals surface area contributed by atoms with Crippen LogP contribution in [0.3, 0.4) is 0 Å².